The lowest BCUT2D eigenvalue weighted by molar-refractivity contribution is 0.0518. The van der Waals surface area contributed by atoms with E-state index < -0.39 is 11.6 Å². The quantitative estimate of drug-likeness (QED) is 0.407. The molecule has 186 valence electrons. The van der Waals surface area contributed by atoms with Gasteiger partial charge in [-0.15, -0.1) is 0 Å². The van der Waals surface area contributed by atoms with Crippen LogP contribution in [0.5, 0.6) is 5.75 Å². The molecule has 0 aliphatic heterocycles. The van der Waals surface area contributed by atoms with Crippen molar-refractivity contribution in [1.82, 2.24) is 4.57 Å². The molecule has 1 atom stereocenters. The molecule has 1 unspecified atom stereocenters. The van der Waals surface area contributed by atoms with Crippen LogP contribution in [-0.4, -0.2) is 34.3 Å². The van der Waals surface area contributed by atoms with Gasteiger partial charge in [-0.25, -0.2) is 4.79 Å². The standard InChI is InChI=1S/C23H21NO5.C5H12O/c1-3-27-23(26)20-11-18-19(24(20)14-25)8-5-9-21(18)28-12-16-13-29-22-10-15(2)6-4-7-17(16)22;1-4-5(2,3)6/h4-11,13-15H,3,12H2,1-2H3;6H,4H2,1-3H3. The second kappa shape index (κ2) is 11.2. The first-order valence-corrected chi connectivity index (χ1v) is 11.8. The maximum Gasteiger partial charge on any atom is 0.355 e. The first kappa shape index (κ1) is 26.0. The van der Waals surface area contributed by atoms with E-state index in [4.69, 9.17) is 19.0 Å². The molecular formula is C28H33NO6. The highest BCUT2D eigenvalue weighted by atomic mass is 16.5. The number of aliphatic hydroxyl groups is 1. The minimum atomic E-state index is -0.548. The summed E-state index contributed by atoms with van der Waals surface area (Å²) in [6, 6.07) is 6.98. The number of benzene rings is 1. The third-order valence-corrected chi connectivity index (χ3v) is 5.71. The summed E-state index contributed by atoms with van der Waals surface area (Å²) in [6.45, 7) is 9.90. The Morgan fingerprint density at radius 1 is 1.29 bits per heavy atom. The molecule has 1 aliphatic carbocycles. The summed E-state index contributed by atoms with van der Waals surface area (Å²) in [6.07, 6.45) is 11.3. The Morgan fingerprint density at radius 3 is 2.69 bits per heavy atom. The molecule has 0 spiro atoms. The molecule has 0 radical (unpaired) electrons. The number of hydrogen-bond donors (Lipinski definition) is 1. The van der Waals surface area contributed by atoms with E-state index in [1.807, 2.05) is 25.1 Å². The zero-order chi connectivity index (χ0) is 25.6. The van der Waals surface area contributed by atoms with Gasteiger partial charge in [-0.2, -0.15) is 0 Å². The van der Waals surface area contributed by atoms with E-state index in [0.29, 0.717) is 35.6 Å². The van der Waals surface area contributed by atoms with Crippen molar-refractivity contribution >= 4 is 35.4 Å². The van der Waals surface area contributed by atoms with E-state index in [9.17, 15) is 9.59 Å². The zero-order valence-electron chi connectivity index (χ0n) is 20.9. The van der Waals surface area contributed by atoms with Crippen LogP contribution in [0.4, 0.5) is 0 Å². The van der Waals surface area contributed by atoms with Gasteiger partial charge in [0.15, 0.2) is 0 Å². The van der Waals surface area contributed by atoms with Crippen molar-refractivity contribution in [2.24, 2.45) is 5.92 Å². The molecule has 3 aromatic rings. The fourth-order valence-electron chi connectivity index (χ4n) is 3.45. The molecule has 1 aromatic carbocycles. The normalized spacial score (nSPS) is 14.6. The van der Waals surface area contributed by atoms with Crippen molar-refractivity contribution in [2.75, 3.05) is 6.61 Å². The van der Waals surface area contributed by atoms with Gasteiger partial charge >= 0.3 is 5.97 Å². The number of rotatable bonds is 7. The Labute approximate surface area is 204 Å². The maximum atomic E-state index is 12.2. The Hall–Kier alpha value is -3.58. The molecule has 7 heteroatoms. The predicted molar refractivity (Wildman–Crippen MR) is 136 cm³/mol. The van der Waals surface area contributed by atoms with E-state index in [1.54, 1.807) is 45.2 Å². The van der Waals surface area contributed by atoms with Crippen LogP contribution in [0.1, 0.15) is 57.1 Å². The molecule has 2 aromatic heterocycles. The molecule has 1 N–H and O–H groups in total. The number of furan rings is 1. The van der Waals surface area contributed by atoms with Crippen molar-refractivity contribution in [1.29, 1.82) is 0 Å². The Kier molecular flexibility index (Phi) is 8.35. The monoisotopic (exact) mass is 479 g/mol. The fraction of sp³-hybridized carbons (Fsp3) is 0.357. The second-order valence-corrected chi connectivity index (χ2v) is 8.99. The minimum Gasteiger partial charge on any atom is -0.488 e. The Morgan fingerprint density at radius 2 is 2.03 bits per heavy atom. The SMILES string of the molecule is CCC(C)(C)O.CCOC(=O)c1cc2c(OCc3coc4c3=CC=CC(C)C=4)cccc2n1C=O. The molecular weight excluding hydrogens is 446 g/mol. The van der Waals surface area contributed by atoms with Crippen molar-refractivity contribution < 1.29 is 28.6 Å². The second-order valence-electron chi connectivity index (χ2n) is 8.99. The molecule has 2 heterocycles. The number of allylic oxidation sites excluding steroid dienone is 2. The molecule has 0 bridgehead atoms. The van der Waals surface area contributed by atoms with Crippen LogP contribution in [-0.2, 0) is 16.1 Å². The minimum absolute atomic E-state index is 0.173. The number of esters is 1. The number of ether oxygens (including phenoxy) is 2. The molecule has 1 aliphatic rings. The van der Waals surface area contributed by atoms with Gasteiger partial charge < -0.3 is 19.0 Å². The smallest absolute Gasteiger partial charge is 0.355 e. The van der Waals surface area contributed by atoms with Crippen LogP contribution >= 0.6 is 0 Å². The zero-order valence-corrected chi connectivity index (χ0v) is 20.9. The number of nitrogens with zero attached hydrogens (tertiary/aromatic N) is 1. The summed E-state index contributed by atoms with van der Waals surface area (Å²) in [5.41, 5.74) is 2.05. The molecule has 0 saturated heterocycles. The highest BCUT2D eigenvalue weighted by Gasteiger charge is 2.19. The van der Waals surface area contributed by atoms with Gasteiger partial charge in [0, 0.05) is 16.2 Å². The van der Waals surface area contributed by atoms with Crippen molar-refractivity contribution in [3.63, 3.8) is 0 Å². The van der Waals surface area contributed by atoms with Crippen LogP contribution in [0.25, 0.3) is 23.1 Å². The summed E-state index contributed by atoms with van der Waals surface area (Å²) < 4.78 is 18.1. The van der Waals surface area contributed by atoms with E-state index in [1.165, 1.54) is 4.57 Å². The number of hydrogen-bond acceptors (Lipinski definition) is 6. The van der Waals surface area contributed by atoms with Crippen LogP contribution in [0.15, 0.2) is 47.1 Å². The summed E-state index contributed by atoms with van der Waals surface area (Å²) in [5.74, 6) is 0.323. The van der Waals surface area contributed by atoms with Crippen molar-refractivity contribution in [2.45, 2.75) is 53.2 Å². The van der Waals surface area contributed by atoms with E-state index in [0.717, 1.165) is 22.6 Å². The first-order valence-electron chi connectivity index (χ1n) is 11.8. The van der Waals surface area contributed by atoms with Gasteiger partial charge in [0.1, 0.15) is 23.5 Å². The van der Waals surface area contributed by atoms with Gasteiger partial charge in [0.2, 0.25) is 6.41 Å². The average Bonchev–Trinajstić information content (AvgIpc) is 3.33. The third-order valence-electron chi connectivity index (χ3n) is 5.71. The summed E-state index contributed by atoms with van der Waals surface area (Å²) in [7, 11) is 0. The highest BCUT2D eigenvalue weighted by molar-refractivity contribution is 6.01. The molecule has 7 nitrogen and oxygen atoms in total. The lowest BCUT2D eigenvalue weighted by Crippen LogP contribution is -2.23. The number of carbonyl (C=O) groups is 2. The molecule has 0 saturated carbocycles. The predicted octanol–water partition coefficient (Wildman–Crippen LogP) is 3.96. The number of fused-ring (bicyclic) bond motifs is 2. The van der Waals surface area contributed by atoms with Gasteiger partial charge in [-0.3, -0.25) is 9.36 Å². The lowest BCUT2D eigenvalue weighted by Gasteiger charge is -2.11. The Balaban J connectivity index is 0.000000509. The summed E-state index contributed by atoms with van der Waals surface area (Å²) in [4.78, 5) is 23.8. The van der Waals surface area contributed by atoms with Gasteiger partial charge in [0.05, 0.1) is 24.0 Å². The van der Waals surface area contributed by atoms with Crippen LogP contribution in [0, 0.1) is 5.92 Å². The number of aromatic nitrogens is 1. The van der Waals surface area contributed by atoms with Gasteiger partial charge in [-0.05, 0) is 57.4 Å². The Bertz CT molecular complexity index is 1340. The van der Waals surface area contributed by atoms with Gasteiger partial charge in [0.25, 0.3) is 0 Å². The molecule has 0 fully saturated rings. The maximum absolute atomic E-state index is 12.2. The topological polar surface area (TPSA) is 90.9 Å². The highest BCUT2D eigenvalue weighted by Crippen LogP contribution is 2.29. The van der Waals surface area contributed by atoms with Crippen LogP contribution in [0.3, 0.4) is 0 Å². The summed E-state index contributed by atoms with van der Waals surface area (Å²) in [5, 5.41) is 10.5. The van der Waals surface area contributed by atoms with Crippen molar-refractivity contribution in [3.05, 3.63) is 64.6 Å². The van der Waals surface area contributed by atoms with Gasteiger partial charge in [-0.1, -0.05) is 38.1 Å². The molecule has 0 amide bonds. The molecule has 35 heavy (non-hydrogen) atoms. The fourth-order valence-corrected chi connectivity index (χ4v) is 3.45. The molecule has 4 rings (SSSR count). The van der Waals surface area contributed by atoms with Crippen molar-refractivity contribution in [3.8, 4) is 5.75 Å². The third kappa shape index (κ3) is 6.31. The largest absolute Gasteiger partial charge is 0.488 e. The van der Waals surface area contributed by atoms with E-state index in [-0.39, 0.29) is 12.3 Å². The lowest BCUT2D eigenvalue weighted by atomic mass is 10.1. The van der Waals surface area contributed by atoms with E-state index in [2.05, 4.69) is 19.1 Å². The average molecular weight is 480 g/mol. The van der Waals surface area contributed by atoms with E-state index >= 15 is 0 Å². The summed E-state index contributed by atoms with van der Waals surface area (Å²) >= 11 is 0. The van der Waals surface area contributed by atoms with Crippen LogP contribution in [0.2, 0.25) is 0 Å². The number of carbonyl (C=O) groups excluding carboxylic acids is 2. The van der Waals surface area contributed by atoms with Crippen LogP contribution < -0.4 is 15.4 Å². The first-order chi connectivity index (χ1) is 16.7.